The summed E-state index contributed by atoms with van der Waals surface area (Å²) in [5.74, 6) is -0.397. The van der Waals surface area contributed by atoms with Gasteiger partial charge in [-0.1, -0.05) is 6.92 Å². The normalized spacial score (nSPS) is 16.0. The maximum absolute atomic E-state index is 10.7. The summed E-state index contributed by atoms with van der Waals surface area (Å²) in [7, 11) is 0. The van der Waals surface area contributed by atoms with Crippen molar-refractivity contribution in [3.8, 4) is 0 Å². The molecule has 0 aliphatic carbocycles. The molecule has 4 heteroatoms. The zero-order chi connectivity index (χ0) is 8.85. The Morgan fingerprint density at radius 2 is 2.00 bits per heavy atom. The fourth-order valence-corrected chi connectivity index (χ4v) is 0.714. The molecule has 11 heavy (non-hydrogen) atoms. The van der Waals surface area contributed by atoms with Gasteiger partial charge in [0.2, 0.25) is 0 Å². The lowest BCUT2D eigenvalue weighted by Gasteiger charge is -2.14. The second kappa shape index (κ2) is 5.23. The van der Waals surface area contributed by atoms with Crippen molar-refractivity contribution < 1.29 is 20.1 Å². The lowest BCUT2D eigenvalue weighted by atomic mass is 10.1. The van der Waals surface area contributed by atoms with Crippen LogP contribution in [0.2, 0.25) is 0 Å². The number of aliphatic hydroxyl groups excluding tert-OH is 3. The summed E-state index contributed by atoms with van der Waals surface area (Å²) in [5.41, 5.74) is 0. The molecule has 66 valence electrons. The summed E-state index contributed by atoms with van der Waals surface area (Å²) in [4.78, 5) is 10.7. The first-order valence-corrected chi connectivity index (χ1v) is 3.63. The summed E-state index contributed by atoms with van der Waals surface area (Å²) < 4.78 is 0. The van der Waals surface area contributed by atoms with Crippen molar-refractivity contribution in [1.82, 2.24) is 0 Å². The summed E-state index contributed by atoms with van der Waals surface area (Å²) in [6.45, 7) is 1.38. The van der Waals surface area contributed by atoms with Gasteiger partial charge in [-0.15, -0.1) is 0 Å². The van der Waals surface area contributed by atoms with E-state index >= 15 is 0 Å². The Hall–Kier alpha value is -0.450. The van der Waals surface area contributed by atoms with Gasteiger partial charge in [-0.2, -0.15) is 0 Å². The van der Waals surface area contributed by atoms with Crippen LogP contribution >= 0.6 is 0 Å². The molecular weight excluding hydrogens is 148 g/mol. The predicted octanol–water partition coefficient (Wildman–Crippen LogP) is -0.930. The molecule has 0 radical (unpaired) electrons. The van der Waals surface area contributed by atoms with E-state index in [1.54, 1.807) is 6.92 Å². The van der Waals surface area contributed by atoms with Crippen LogP contribution in [0.4, 0.5) is 0 Å². The zero-order valence-corrected chi connectivity index (χ0v) is 6.53. The third kappa shape index (κ3) is 3.46. The largest absolute Gasteiger partial charge is 0.396 e. The Morgan fingerprint density at radius 3 is 2.36 bits per heavy atom. The average molecular weight is 162 g/mol. The van der Waals surface area contributed by atoms with Crippen LogP contribution in [0.3, 0.4) is 0 Å². The predicted molar refractivity (Wildman–Crippen MR) is 39.0 cm³/mol. The Bertz CT molecular complexity index is 124. The highest BCUT2D eigenvalue weighted by Gasteiger charge is 2.21. The van der Waals surface area contributed by atoms with E-state index in [9.17, 15) is 4.79 Å². The van der Waals surface area contributed by atoms with Crippen molar-refractivity contribution in [3.63, 3.8) is 0 Å². The lowest BCUT2D eigenvalue weighted by molar-refractivity contribution is -0.133. The minimum atomic E-state index is -1.34. The molecule has 4 nitrogen and oxygen atoms in total. The van der Waals surface area contributed by atoms with Crippen LogP contribution < -0.4 is 0 Å². The molecule has 0 saturated heterocycles. The Morgan fingerprint density at radius 1 is 1.45 bits per heavy atom. The van der Waals surface area contributed by atoms with Crippen molar-refractivity contribution in [3.05, 3.63) is 0 Å². The quantitative estimate of drug-likeness (QED) is 0.488. The average Bonchev–Trinajstić information content (AvgIpc) is 2.02. The Kier molecular flexibility index (Phi) is 5.02. The monoisotopic (exact) mass is 162 g/mol. The van der Waals surface area contributed by atoms with Crippen LogP contribution in [-0.4, -0.2) is 39.9 Å². The van der Waals surface area contributed by atoms with Crippen LogP contribution in [0.25, 0.3) is 0 Å². The van der Waals surface area contributed by atoms with Gasteiger partial charge in [0.15, 0.2) is 5.78 Å². The van der Waals surface area contributed by atoms with E-state index in [1.165, 1.54) is 0 Å². The number of hydrogen-bond donors (Lipinski definition) is 3. The molecule has 0 unspecified atom stereocenters. The van der Waals surface area contributed by atoms with Gasteiger partial charge in [0.25, 0.3) is 0 Å². The van der Waals surface area contributed by atoms with Crippen LogP contribution in [0.15, 0.2) is 0 Å². The van der Waals surface area contributed by atoms with Gasteiger partial charge in [-0.25, -0.2) is 0 Å². The molecule has 0 heterocycles. The van der Waals surface area contributed by atoms with E-state index in [2.05, 4.69) is 0 Å². The number of hydrogen-bond acceptors (Lipinski definition) is 4. The van der Waals surface area contributed by atoms with E-state index in [1.807, 2.05) is 0 Å². The molecule has 0 aromatic heterocycles. The van der Waals surface area contributed by atoms with Crippen molar-refractivity contribution in [2.24, 2.45) is 0 Å². The van der Waals surface area contributed by atoms with E-state index in [0.717, 1.165) is 0 Å². The second-order valence-corrected chi connectivity index (χ2v) is 2.34. The maximum Gasteiger partial charge on any atom is 0.163 e. The molecule has 2 atom stereocenters. The highest BCUT2D eigenvalue weighted by molar-refractivity contribution is 5.83. The first-order valence-electron chi connectivity index (χ1n) is 3.63. The standard InChI is InChI=1S/C7H14O4/c1-2-5(9)7(11)6(10)3-4-8/h6-8,10-11H,2-4H2,1H3/t6-,7-/m1/s1. The summed E-state index contributed by atoms with van der Waals surface area (Å²) in [6, 6.07) is 0. The summed E-state index contributed by atoms with van der Waals surface area (Å²) >= 11 is 0. The van der Waals surface area contributed by atoms with Gasteiger partial charge in [-0.3, -0.25) is 4.79 Å². The first-order chi connectivity index (χ1) is 5.13. The molecule has 0 aromatic carbocycles. The van der Waals surface area contributed by atoms with Gasteiger partial charge < -0.3 is 15.3 Å². The van der Waals surface area contributed by atoms with Gasteiger partial charge in [0, 0.05) is 13.0 Å². The molecule has 3 N–H and O–H groups in total. The molecule has 0 amide bonds. The minimum Gasteiger partial charge on any atom is -0.396 e. The molecule has 0 aliphatic rings. The highest BCUT2D eigenvalue weighted by atomic mass is 16.3. The van der Waals surface area contributed by atoms with E-state index in [-0.39, 0.29) is 19.4 Å². The fourth-order valence-electron chi connectivity index (χ4n) is 0.714. The van der Waals surface area contributed by atoms with Crippen molar-refractivity contribution >= 4 is 5.78 Å². The molecule has 0 aliphatic heterocycles. The van der Waals surface area contributed by atoms with Crippen LogP contribution in [0.1, 0.15) is 19.8 Å². The van der Waals surface area contributed by atoms with Crippen molar-refractivity contribution in [2.75, 3.05) is 6.61 Å². The number of ketones is 1. The minimum absolute atomic E-state index is 0.0346. The molecular formula is C7H14O4. The molecule has 0 rings (SSSR count). The van der Waals surface area contributed by atoms with E-state index < -0.39 is 18.0 Å². The summed E-state index contributed by atoms with van der Waals surface area (Å²) in [5, 5.41) is 26.4. The molecule has 0 spiro atoms. The molecule has 0 saturated carbocycles. The number of rotatable bonds is 5. The molecule has 0 aromatic rings. The van der Waals surface area contributed by atoms with Crippen LogP contribution in [0.5, 0.6) is 0 Å². The number of carbonyl (C=O) groups excluding carboxylic acids is 1. The fraction of sp³-hybridized carbons (Fsp3) is 0.857. The van der Waals surface area contributed by atoms with Crippen molar-refractivity contribution in [1.29, 1.82) is 0 Å². The van der Waals surface area contributed by atoms with Crippen molar-refractivity contribution in [2.45, 2.75) is 32.0 Å². The third-order valence-electron chi connectivity index (χ3n) is 1.47. The first kappa shape index (κ1) is 10.6. The van der Waals surface area contributed by atoms with Gasteiger partial charge in [-0.05, 0) is 6.42 Å². The number of aliphatic hydroxyl groups is 3. The maximum atomic E-state index is 10.7. The zero-order valence-electron chi connectivity index (χ0n) is 6.53. The SMILES string of the molecule is CCC(=O)[C@@H](O)[C@H](O)CCO. The number of Topliss-reactive ketones (excluding diaryl/α,β-unsaturated/α-hetero) is 1. The smallest absolute Gasteiger partial charge is 0.163 e. The van der Waals surface area contributed by atoms with Crippen LogP contribution in [-0.2, 0) is 4.79 Å². The van der Waals surface area contributed by atoms with Gasteiger partial charge in [0.1, 0.15) is 6.10 Å². The van der Waals surface area contributed by atoms with Gasteiger partial charge >= 0.3 is 0 Å². The molecule has 0 bridgehead atoms. The topological polar surface area (TPSA) is 77.8 Å². The van der Waals surface area contributed by atoms with E-state index in [0.29, 0.717) is 0 Å². The Labute approximate surface area is 65.5 Å². The van der Waals surface area contributed by atoms with E-state index in [4.69, 9.17) is 15.3 Å². The lowest BCUT2D eigenvalue weighted by Crippen LogP contribution is -2.34. The third-order valence-corrected chi connectivity index (χ3v) is 1.47. The Balaban J connectivity index is 3.80. The van der Waals surface area contributed by atoms with Gasteiger partial charge in [0.05, 0.1) is 6.10 Å². The highest BCUT2D eigenvalue weighted by Crippen LogP contribution is 2.01. The summed E-state index contributed by atoms with van der Waals surface area (Å²) in [6.07, 6.45) is -2.24. The second-order valence-electron chi connectivity index (χ2n) is 2.34. The number of carbonyl (C=O) groups is 1. The molecule has 0 fully saturated rings. The van der Waals surface area contributed by atoms with Crippen LogP contribution in [0, 0.1) is 0 Å².